The molecule has 0 aromatic rings. The smallest absolute Gasteiger partial charge is 0.263 e. The summed E-state index contributed by atoms with van der Waals surface area (Å²) in [6.45, 7) is 5.70. The summed E-state index contributed by atoms with van der Waals surface area (Å²) in [6, 6.07) is 0. The predicted octanol–water partition coefficient (Wildman–Crippen LogP) is -0.0247. The molecule has 0 aromatic carbocycles. The minimum atomic E-state index is -1.23. The fourth-order valence-electron chi connectivity index (χ4n) is 3.93. The Morgan fingerprint density at radius 1 is 1.55 bits per heavy atom. The molecule has 6 nitrogen and oxygen atoms in total. The fourth-order valence-corrected chi connectivity index (χ4v) is 3.93. The molecule has 110 valence electrons. The van der Waals surface area contributed by atoms with Crippen LogP contribution in [0.15, 0.2) is 24.4 Å². The zero-order valence-corrected chi connectivity index (χ0v) is 11.5. The Bertz CT molecular complexity index is 490. The van der Waals surface area contributed by atoms with Crippen molar-refractivity contribution >= 4 is 5.91 Å². The number of rotatable bonds is 2. The molecule has 1 aliphatic carbocycles. The maximum absolute atomic E-state index is 12.8. The summed E-state index contributed by atoms with van der Waals surface area (Å²) in [4.78, 5) is 17.8. The highest BCUT2D eigenvalue weighted by Crippen LogP contribution is 2.59. The van der Waals surface area contributed by atoms with Gasteiger partial charge in [-0.2, -0.15) is 5.06 Å². The largest absolute Gasteiger partial charge is 0.390 e. The van der Waals surface area contributed by atoms with Crippen molar-refractivity contribution in [2.24, 2.45) is 11.3 Å². The van der Waals surface area contributed by atoms with Crippen molar-refractivity contribution in [2.75, 3.05) is 7.11 Å². The van der Waals surface area contributed by atoms with Gasteiger partial charge in [-0.3, -0.25) is 9.63 Å². The van der Waals surface area contributed by atoms with Crippen LogP contribution < -0.4 is 0 Å². The highest BCUT2D eigenvalue weighted by Gasteiger charge is 2.74. The number of ether oxygens (including phenoxy) is 1. The van der Waals surface area contributed by atoms with Crippen LogP contribution in [0.3, 0.4) is 0 Å². The number of amides is 1. The Morgan fingerprint density at radius 3 is 2.85 bits per heavy atom. The molecule has 0 radical (unpaired) electrons. The van der Waals surface area contributed by atoms with Gasteiger partial charge in [0.25, 0.3) is 5.91 Å². The molecule has 2 heterocycles. The van der Waals surface area contributed by atoms with E-state index in [9.17, 15) is 15.0 Å². The van der Waals surface area contributed by atoms with Gasteiger partial charge >= 0.3 is 0 Å². The molecule has 0 aromatic heterocycles. The van der Waals surface area contributed by atoms with Crippen LogP contribution in [-0.2, 0) is 14.4 Å². The summed E-state index contributed by atoms with van der Waals surface area (Å²) in [5.74, 6) is -0.688. The zero-order chi connectivity index (χ0) is 14.7. The summed E-state index contributed by atoms with van der Waals surface area (Å²) in [7, 11) is 1.37. The normalized spacial score (nSPS) is 47.4. The molecule has 1 saturated carbocycles. The lowest BCUT2D eigenvalue weighted by molar-refractivity contribution is -0.182. The van der Waals surface area contributed by atoms with E-state index < -0.39 is 29.6 Å². The summed E-state index contributed by atoms with van der Waals surface area (Å²) in [6.07, 6.45) is 0.868. The van der Waals surface area contributed by atoms with Gasteiger partial charge in [-0.05, 0) is 6.92 Å². The Hall–Kier alpha value is -1.21. The molecular formula is C14H19NO5. The lowest BCUT2D eigenvalue weighted by Crippen LogP contribution is -2.58. The third-order valence-corrected chi connectivity index (χ3v) is 4.73. The number of hydroxylamine groups is 2. The van der Waals surface area contributed by atoms with Crippen LogP contribution in [0.4, 0.5) is 0 Å². The van der Waals surface area contributed by atoms with E-state index in [2.05, 4.69) is 6.58 Å². The number of aliphatic hydroxyl groups is 2. The minimum absolute atomic E-state index is 0.291. The predicted molar refractivity (Wildman–Crippen MR) is 69.0 cm³/mol. The van der Waals surface area contributed by atoms with Gasteiger partial charge in [0.15, 0.2) is 0 Å². The van der Waals surface area contributed by atoms with E-state index in [1.807, 2.05) is 19.1 Å². The minimum Gasteiger partial charge on any atom is -0.390 e. The second-order valence-electron chi connectivity index (χ2n) is 5.56. The van der Waals surface area contributed by atoms with Gasteiger partial charge in [0.1, 0.15) is 11.5 Å². The van der Waals surface area contributed by atoms with Crippen LogP contribution in [0.5, 0.6) is 0 Å². The van der Waals surface area contributed by atoms with E-state index >= 15 is 0 Å². The van der Waals surface area contributed by atoms with Crippen molar-refractivity contribution in [3.63, 3.8) is 0 Å². The molecule has 2 saturated heterocycles. The first-order chi connectivity index (χ1) is 9.49. The maximum atomic E-state index is 12.8. The van der Waals surface area contributed by atoms with E-state index in [0.29, 0.717) is 12.1 Å². The lowest BCUT2D eigenvalue weighted by Gasteiger charge is -2.41. The van der Waals surface area contributed by atoms with E-state index in [-0.39, 0.29) is 12.0 Å². The molecule has 2 unspecified atom stereocenters. The second kappa shape index (κ2) is 4.39. The van der Waals surface area contributed by atoms with Gasteiger partial charge in [0.2, 0.25) is 0 Å². The number of carbonyl (C=O) groups excluding carboxylic acids is 1. The van der Waals surface area contributed by atoms with Crippen LogP contribution in [0.2, 0.25) is 0 Å². The number of aliphatic hydroxyl groups excluding tert-OH is 2. The first-order valence-electron chi connectivity index (χ1n) is 6.72. The van der Waals surface area contributed by atoms with Gasteiger partial charge in [-0.1, -0.05) is 18.7 Å². The Labute approximate surface area is 117 Å². The number of hydrogen-bond donors (Lipinski definition) is 2. The van der Waals surface area contributed by atoms with E-state index in [1.165, 1.54) is 7.11 Å². The summed E-state index contributed by atoms with van der Waals surface area (Å²) in [5.41, 5.74) is -0.857. The standard InChI is InChI=1S/C14H19NO5/c1-4-5-8-10-6-9(16)11(17)14(8)12(20-10)7(2)15(19-3)13(14)18/h4-5,8-12,16-17H,2,6H2,1,3H3/b5-4+/t8-,9?,10-,11?,12-,14+/m0/s1. The molecule has 20 heavy (non-hydrogen) atoms. The van der Waals surface area contributed by atoms with Crippen molar-refractivity contribution < 1.29 is 24.6 Å². The second-order valence-corrected chi connectivity index (χ2v) is 5.56. The molecular weight excluding hydrogens is 262 g/mol. The third kappa shape index (κ3) is 1.34. The summed E-state index contributed by atoms with van der Waals surface area (Å²) >= 11 is 0. The van der Waals surface area contributed by atoms with Crippen molar-refractivity contribution in [3.8, 4) is 0 Å². The SMILES string of the molecule is C=C1[C@@H]2O[C@H]3CC(O)C(O)[C@]2(C(=O)N1OC)[C@H]3/C=C/C. The first kappa shape index (κ1) is 13.8. The quantitative estimate of drug-likeness (QED) is 0.695. The summed E-state index contributed by atoms with van der Waals surface area (Å²) < 4.78 is 5.91. The molecule has 1 spiro atoms. The van der Waals surface area contributed by atoms with Crippen LogP contribution >= 0.6 is 0 Å². The lowest BCUT2D eigenvalue weighted by atomic mass is 9.62. The van der Waals surface area contributed by atoms with Crippen molar-refractivity contribution in [2.45, 2.75) is 37.8 Å². The Balaban J connectivity index is 2.16. The van der Waals surface area contributed by atoms with Crippen LogP contribution in [0.1, 0.15) is 13.3 Å². The highest BCUT2D eigenvalue weighted by atomic mass is 16.7. The van der Waals surface area contributed by atoms with Crippen LogP contribution in [-0.4, -0.2) is 52.7 Å². The van der Waals surface area contributed by atoms with Gasteiger partial charge in [-0.25, -0.2) is 0 Å². The average molecular weight is 281 g/mol. The third-order valence-electron chi connectivity index (χ3n) is 4.73. The van der Waals surface area contributed by atoms with Gasteiger partial charge < -0.3 is 14.9 Å². The Kier molecular flexibility index (Phi) is 3.02. The van der Waals surface area contributed by atoms with Crippen molar-refractivity contribution in [1.82, 2.24) is 5.06 Å². The zero-order valence-electron chi connectivity index (χ0n) is 11.5. The molecule has 6 heteroatoms. The van der Waals surface area contributed by atoms with Gasteiger partial charge in [-0.15, -0.1) is 0 Å². The average Bonchev–Trinajstić information content (AvgIpc) is 2.78. The number of carbonyl (C=O) groups is 1. The van der Waals surface area contributed by atoms with Crippen molar-refractivity contribution in [3.05, 3.63) is 24.4 Å². The Morgan fingerprint density at radius 2 is 2.25 bits per heavy atom. The molecule has 6 atom stereocenters. The van der Waals surface area contributed by atoms with E-state index in [4.69, 9.17) is 9.57 Å². The molecule has 3 aliphatic rings. The number of fused-ring (bicyclic) bond motifs is 1. The van der Waals surface area contributed by atoms with Gasteiger partial charge in [0, 0.05) is 12.3 Å². The molecule has 2 N–H and O–H groups in total. The molecule has 1 amide bonds. The maximum Gasteiger partial charge on any atom is 0.263 e. The molecule has 3 fully saturated rings. The van der Waals surface area contributed by atoms with E-state index in [1.54, 1.807) is 0 Å². The number of hydrogen-bond acceptors (Lipinski definition) is 5. The highest BCUT2D eigenvalue weighted by molar-refractivity contribution is 5.90. The summed E-state index contributed by atoms with van der Waals surface area (Å²) in [5, 5.41) is 21.6. The molecule has 2 aliphatic heterocycles. The molecule has 3 rings (SSSR count). The van der Waals surface area contributed by atoms with Crippen LogP contribution in [0.25, 0.3) is 0 Å². The van der Waals surface area contributed by atoms with Crippen molar-refractivity contribution in [1.29, 1.82) is 0 Å². The van der Waals surface area contributed by atoms with Crippen LogP contribution in [0, 0.1) is 11.3 Å². The fraction of sp³-hybridized carbons (Fsp3) is 0.643. The number of allylic oxidation sites excluding steroid dienone is 1. The van der Waals surface area contributed by atoms with Gasteiger partial charge in [0.05, 0.1) is 31.1 Å². The monoisotopic (exact) mass is 281 g/mol. The van der Waals surface area contributed by atoms with E-state index in [0.717, 1.165) is 5.06 Å². The topological polar surface area (TPSA) is 79.2 Å². The number of nitrogens with zero attached hydrogens (tertiary/aromatic N) is 1. The first-order valence-corrected chi connectivity index (χ1v) is 6.72. The molecule has 2 bridgehead atoms.